The molecule has 2 atom stereocenters. The number of hydrogen-bond donors (Lipinski definition) is 3. The third-order valence-electron chi connectivity index (χ3n) is 8.43. The normalized spacial score (nSPS) is 33.4. The van der Waals surface area contributed by atoms with Gasteiger partial charge in [-0.3, -0.25) is 14.5 Å². The van der Waals surface area contributed by atoms with E-state index in [-0.39, 0.29) is 28.5 Å². The highest BCUT2D eigenvalue weighted by atomic mass is 32.2. The number of benzene rings is 1. The average molecular weight is 485 g/mol. The van der Waals surface area contributed by atoms with Crippen LogP contribution in [0.15, 0.2) is 35.4 Å². The van der Waals surface area contributed by atoms with Gasteiger partial charge >= 0.3 is 0 Å². The van der Waals surface area contributed by atoms with Crippen LogP contribution in [0.4, 0.5) is 0 Å². The van der Waals surface area contributed by atoms with Gasteiger partial charge in [-0.15, -0.1) is 0 Å². The summed E-state index contributed by atoms with van der Waals surface area (Å²) in [5.74, 6) is -0.407. The van der Waals surface area contributed by atoms with Crippen molar-refractivity contribution in [2.45, 2.75) is 80.5 Å². The van der Waals surface area contributed by atoms with Gasteiger partial charge in [-0.1, -0.05) is 48.5 Å². The first kappa shape index (κ1) is 23.8. The molecule has 2 heterocycles. The van der Waals surface area contributed by atoms with Crippen molar-refractivity contribution in [1.29, 1.82) is 0 Å². The van der Waals surface area contributed by atoms with Crippen LogP contribution in [0.5, 0.6) is 0 Å². The predicted octanol–water partition coefficient (Wildman–Crippen LogP) is 2.73. The largest absolute Gasteiger partial charge is 0.319 e. The number of rotatable bonds is 7. The van der Waals surface area contributed by atoms with Crippen LogP contribution in [0.1, 0.15) is 63.4 Å². The number of hydrazone groups is 1. The number of nitrogens with zero attached hydrogens (tertiary/aromatic N) is 3. The molecule has 8 nitrogen and oxygen atoms in total. The van der Waals surface area contributed by atoms with E-state index in [1.807, 2.05) is 5.01 Å². The fourth-order valence-corrected chi connectivity index (χ4v) is 6.71. The topological polar surface area (TPSA) is 89.1 Å². The van der Waals surface area contributed by atoms with Gasteiger partial charge in [0.25, 0.3) is 5.91 Å². The molecule has 4 aliphatic rings. The van der Waals surface area contributed by atoms with Crippen LogP contribution in [0.2, 0.25) is 0 Å². The van der Waals surface area contributed by atoms with Crippen LogP contribution < -0.4 is 16.2 Å². The number of amides is 1. The van der Waals surface area contributed by atoms with Crippen molar-refractivity contribution in [2.24, 2.45) is 11.0 Å². The maximum Gasteiger partial charge on any atom is 0.289 e. The van der Waals surface area contributed by atoms with E-state index >= 15 is 0 Å². The van der Waals surface area contributed by atoms with Gasteiger partial charge in [0.15, 0.2) is 5.50 Å². The second kappa shape index (κ2) is 9.60. The van der Waals surface area contributed by atoms with Crippen LogP contribution >= 0.6 is 11.8 Å². The maximum atomic E-state index is 12.5. The molecule has 1 aromatic carbocycles. The molecule has 1 saturated heterocycles. The number of hydrazine groups is 1. The van der Waals surface area contributed by atoms with Gasteiger partial charge < -0.3 is 5.32 Å². The molecule has 34 heavy (non-hydrogen) atoms. The number of Topliss-reactive ketones (excluding diaryl/α,β-unsaturated/α-hetero) is 1. The standard InChI is InChI=1S/C25H36N6O2S/c1-30(2)25(19-9-4-3-5-10-19)13-11-24(12-14-25)16-21(28-29-24)31-23(34-17-26-31)27-22(33)20(32)15-18-7-6-8-18/h3-5,9-10,17-18,21,23,28-29H,6-8,11-16H2,1-2H3,(H,27,33)/t21-,23?,24?,25?/m1/s1. The molecule has 0 aromatic heterocycles. The van der Waals surface area contributed by atoms with Crippen LogP contribution in [0, 0.1) is 5.92 Å². The zero-order valence-electron chi connectivity index (χ0n) is 20.1. The molecule has 5 rings (SSSR count). The molecule has 0 radical (unpaired) electrons. The summed E-state index contributed by atoms with van der Waals surface area (Å²) < 4.78 is 0. The van der Waals surface area contributed by atoms with E-state index in [4.69, 9.17) is 0 Å². The lowest BCUT2D eigenvalue weighted by Gasteiger charge is -2.49. The first-order chi connectivity index (χ1) is 16.4. The summed E-state index contributed by atoms with van der Waals surface area (Å²) in [4.78, 5) is 27.2. The minimum Gasteiger partial charge on any atom is -0.319 e. The molecular weight excluding hydrogens is 448 g/mol. The highest BCUT2D eigenvalue weighted by Gasteiger charge is 2.50. The molecular formula is C25H36N6O2S. The van der Waals surface area contributed by atoms with Crippen LogP contribution in [0.25, 0.3) is 0 Å². The van der Waals surface area contributed by atoms with Gasteiger partial charge in [0.05, 0.1) is 5.55 Å². The number of carbonyl (C=O) groups is 2. The van der Waals surface area contributed by atoms with E-state index in [0.717, 1.165) is 44.9 Å². The highest BCUT2D eigenvalue weighted by molar-refractivity contribution is 8.12. The minimum absolute atomic E-state index is 0.00364. The first-order valence-electron chi connectivity index (χ1n) is 12.5. The Kier molecular flexibility index (Phi) is 6.72. The lowest BCUT2D eigenvalue weighted by Crippen LogP contribution is -2.53. The number of nitrogens with one attached hydrogen (secondary N) is 3. The Hall–Kier alpha value is -1.94. The molecule has 184 valence electrons. The number of carbonyl (C=O) groups excluding carboxylic acids is 2. The van der Waals surface area contributed by atoms with Gasteiger partial charge in [0.1, 0.15) is 6.17 Å². The van der Waals surface area contributed by atoms with Crippen molar-refractivity contribution in [3.8, 4) is 0 Å². The molecule has 2 saturated carbocycles. The summed E-state index contributed by atoms with van der Waals surface area (Å²) in [5.41, 5.74) is 9.85. The Labute approximate surface area is 206 Å². The maximum absolute atomic E-state index is 12.5. The van der Waals surface area contributed by atoms with Crippen molar-refractivity contribution >= 4 is 29.0 Å². The third-order valence-corrected chi connectivity index (χ3v) is 9.23. The van der Waals surface area contributed by atoms with Crippen LogP contribution in [-0.2, 0) is 15.1 Å². The smallest absolute Gasteiger partial charge is 0.289 e. The third kappa shape index (κ3) is 4.51. The second-order valence-electron chi connectivity index (χ2n) is 10.5. The number of thioether (sulfide) groups is 1. The van der Waals surface area contributed by atoms with Gasteiger partial charge in [0, 0.05) is 23.9 Å². The van der Waals surface area contributed by atoms with Gasteiger partial charge in [-0.05, 0) is 64.1 Å². The average Bonchev–Trinajstić information content (AvgIpc) is 3.44. The molecule has 0 bridgehead atoms. The Bertz CT molecular complexity index is 927. The summed E-state index contributed by atoms with van der Waals surface area (Å²) in [5, 5.41) is 9.31. The molecule has 1 unspecified atom stereocenters. The zero-order valence-corrected chi connectivity index (χ0v) is 20.9. The van der Waals surface area contributed by atoms with Crippen molar-refractivity contribution < 1.29 is 9.59 Å². The molecule has 9 heteroatoms. The molecule has 3 N–H and O–H groups in total. The summed E-state index contributed by atoms with van der Waals surface area (Å²) in [6.45, 7) is 0. The van der Waals surface area contributed by atoms with E-state index in [1.165, 1.54) is 23.7 Å². The molecule has 3 fully saturated rings. The van der Waals surface area contributed by atoms with E-state index in [1.54, 1.807) is 5.55 Å². The highest BCUT2D eigenvalue weighted by Crippen LogP contribution is 2.47. The van der Waals surface area contributed by atoms with Gasteiger partial charge in [-0.25, -0.2) is 15.9 Å². The SMILES string of the molecule is CN(C)C1(c2ccccc2)CCC2(CC1)C[C@@H](N1N=CSC1NC(=O)C(=O)CC1CCC1)NN2. The number of ketones is 1. The van der Waals surface area contributed by atoms with E-state index < -0.39 is 5.91 Å². The Morgan fingerprint density at radius 2 is 1.91 bits per heavy atom. The fourth-order valence-electron chi connectivity index (χ4n) is 5.93. The summed E-state index contributed by atoms with van der Waals surface area (Å²) in [6.07, 6.45) is 8.74. The minimum atomic E-state index is -0.489. The van der Waals surface area contributed by atoms with Crippen LogP contribution in [0.3, 0.4) is 0 Å². The van der Waals surface area contributed by atoms with E-state index in [9.17, 15) is 9.59 Å². The molecule has 1 amide bonds. The van der Waals surface area contributed by atoms with Crippen molar-refractivity contribution in [3.63, 3.8) is 0 Å². The van der Waals surface area contributed by atoms with Crippen LogP contribution in [-0.4, -0.2) is 58.4 Å². The Balaban J connectivity index is 1.19. The van der Waals surface area contributed by atoms with Crippen molar-refractivity contribution in [3.05, 3.63) is 35.9 Å². The summed E-state index contributed by atoms with van der Waals surface area (Å²) in [6, 6.07) is 10.8. The Morgan fingerprint density at radius 1 is 1.18 bits per heavy atom. The fraction of sp³-hybridized carbons (Fsp3) is 0.640. The van der Waals surface area contributed by atoms with E-state index in [2.05, 4.69) is 70.6 Å². The van der Waals surface area contributed by atoms with Gasteiger partial charge in [-0.2, -0.15) is 5.10 Å². The molecule has 1 aromatic rings. The first-order valence-corrected chi connectivity index (χ1v) is 13.4. The molecule has 2 aliphatic heterocycles. The quantitative estimate of drug-likeness (QED) is 0.513. The molecule has 1 spiro atoms. The molecule has 2 aliphatic carbocycles. The summed E-state index contributed by atoms with van der Waals surface area (Å²) >= 11 is 1.43. The summed E-state index contributed by atoms with van der Waals surface area (Å²) in [7, 11) is 4.37. The predicted molar refractivity (Wildman–Crippen MR) is 135 cm³/mol. The number of hydrogen-bond acceptors (Lipinski definition) is 8. The van der Waals surface area contributed by atoms with Crippen molar-refractivity contribution in [1.82, 2.24) is 26.1 Å². The van der Waals surface area contributed by atoms with Gasteiger partial charge in [0.2, 0.25) is 5.78 Å². The monoisotopic (exact) mass is 484 g/mol. The van der Waals surface area contributed by atoms with E-state index in [0.29, 0.717) is 12.3 Å². The zero-order chi connectivity index (χ0) is 23.8. The van der Waals surface area contributed by atoms with Crippen molar-refractivity contribution in [2.75, 3.05) is 14.1 Å². The Morgan fingerprint density at radius 3 is 2.56 bits per heavy atom. The second-order valence-corrected chi connectivity index (χ2v) is 11.5. The lowest BCUT2D eigenvalue weighted by molar-refractivity contribution is -0.139. The lowest BCUT2D eigenvalue weighted by atomic mass is 9.68.